The summed E-state index contributed by atoms with van der Waals surface area (Å²) < 4.78 is 5.55. The van der Waals surface area contributed by atoms with Crippen LogP contribution in [0.1, 0.15) is 19.3 Å². The number of anilines is 1. The molecule has 4 rings (SSSR count). The van der Waals surface area contributed by atoms with E-state index in [2.05, 4.69) is 10.5 Å². The van der Waals surface area contributed by atoms with E-state index in [-0.39, 0.29) is 24.7 Å². The van der Waals surface area contributed by atoms with Gasteiger partial charge >= 0.3 is 0 Å². The third-order valence-corrected chi connectivity index (χ3v) is 6.96. The molecule has 2 aromatic carbocycles. The number of carbonyl (C=O) groups excluding carboxylic acids is 2. The Balaban J connectivity index is 1.57. The number of ketones is 1. The number of rotatable bonds is 8. The van der Waals surface area contributed by atoms with Crippen molar-refractivity contribution in [2.24, 2.45) is 5.92 Å². The van der Waals surface area contributed by atoms with E-state index in [1.807, 2.05) is 6.07 Å². The Morgan fingerprint density at radius 1 is 1.11 bits per heavy atom. The van der Waals surface area contributed by atoms with Gasteiger partial charge in [0.15, 0.2) is 10.6 Å². The van der Waals surface area contributed by atoms with E-state index < -0.39 is 10.7 Å². The first-order valence-corrected chi connectivity index (χ1v) is 12.8. The lowest BCUT2D eigenvalue weighted by atomic mass is 9.93. The van der Waals surface area contributed by atoms with Crippen LogP contribution >= 0.6 is 46.4 Å². The van der Waals surface area contributed by atoms with Gasteiger partial charge in [-0.3, -0.25) is 9.59 Å². The lowest BCUT2D eigenvalue weighted by molar-refractivity contribution is -0.123. The number of nitrogens with one attached hydrogen (secondary N) is 1. The highest BCUT2D eigenvalue weighted by Crippen LogP contribution is 2.36. The molecule has 0 radical (unpaired) electrons. The van der Waals surface area contributed by atoms with Crippen molar-refractivity contribution >= 4 is 63.8 Å². The van der Waals surface area contributed by atoms with E-state index in [1.165, 1.54) is 4.90 Å². The van der Waals surface area contributed by atoms with E-state index in [0.29, 0.717) is 44.9 Å². The molecule has 0 saturated carbocycles. The Hall–Kier alpha value is -2.09. The van der Waals surface area contributed by atoms with Crippen LogP contribution in [-0.4, -0.2) is 41.3 Å². The van der Waals surface area contributed by atoms with Crippen molar-refractivity contribution in [3.05, 3.63) is 58.6 Å². The number of carbonyl (C=O) groups is 2. The van der Waals surface area contributed by atoms with Gasteiger partial charge in [0.2, 0.25) is 0 Å². The molecule has 1 atom stereocenters. The molecule has 1 unspecified atom stereocenters. The molecule has 0 bridgehead atoms. The number of benzene rings is 2. The number of hydrogen-bond acceptors (Lipinski definition) is 5. The molecule has 1 saturated heterocycles. The number of hydrogen-bond donors (Lipinski definition) is 1. The molecule has 1 aliphatic heterocycles. The lowest BCUT2D eigenvalue weighted by Crippen LogP contribution is -2.39. The second kappa shape index (κ2) is 11.8. The van der Waals surface area contributed by atoms with E-state index in [4.69, 9.17) is 50.9 Å². The summed E-state index contributed by atoms with van der Waals surface area (Å²) in [6.07, 6.45) is 2.03. The van der Waals surface area contributed by atoms with E-state index >= 15 is 0 Å². The van der Waals surface area contributed by atoms with E-state index in [1.54, 1.807) is 42.5 Å². The summed E-state index contributed by atoms with van der Waals surface area (Å²) in [4.78, 5) is 25.7. The summed E-state index contributed by atoms with van der Waals surface area (Å²) in [5, 5.41) is 8.27. The van der Waals surface area contributed by atoms with Crippen LogP contribution in [0.2, 0.25) is 10.0 Å². The van der Waals surface area contributed by atoms with Crippen LogP contribution in [-0.2, 0) is 9.59 Å². The smallest absolute Gasteiger partial charge is 0.260 e. The van der Waals surface area contributed by atoms with E-state index in [0.717, 1.165) is 19.4 Å². The van der Waals surface area contributed by atoms with Crippen LogP contribution in [0, 0.1) is 5.92 Å². The molecule has 1 aromatic heterocycles. The normalized spacial score (nSPS) is 15.9. The highest BCUT2D eigenvalue weighted by molar-refractivity contribution is 6.54. The van der Waals surface area contributed by atoms with E-state index in [9.17, 15) is 9.59 Å². The molecule has 6 nitrogen and oxygen atoms in total. The molecule has 1 amide bonds. The first kappa shape index (κ1) is 26.0. The van der Waals surface area contributed by atoms with Crippen molar-refractivity contribution in [2.75, 3.05) is 24.5 Å². The minimum atomic E-state index is -1.26. The third kappa shape index (κ3) is 6.19. The van der Waals surface area contributed by atoms with Gasteiger partial charge in [0.05, 0.1) is 10.0 Å². The van der Waals surface area contributed by atoms with Gasteiger partial charge in [-0.05, 0) is 43.7 Å². The van der Waals surface area contributed by atoms with Gasteiger partial charge < -0.3 is 14.7 Å². The Kier molecular flexibility index (Phi) is 8.73. The van der Waals surface area contributed by atoms with Gasteiger partial charge in [0.1, 0.15) is 11.5 Å². The molecule has 10 heteroatoms. The Bertz CT molecular complexity index is 1190. The van der Waals surface area contributed by atoms with Crippen molar-refractivity contribution in [3.8, 4) is 22.6 Å². The van der Waals surface area contributed by atoms with Crippen molar-refractivity contribution < 1.29 is 14.1 Å². The molecular weight excluding hydrogens is 532 g/mol. The molecule has 35 heavy (non-hydrogen) atoms. The van der Waals surface area contributed by atoms with Crippen molar-refractivity contribution in [1.29, 1.82) is 0 Å². The highest BCUT2D eigenvalue weighted by atomic mass is 35.5. The zero-order chi connectivity index (χ0) is 24.9. The average Bonchev–Trinajstić information content (AvgIpc) is 3.34. The van der Waals surface area contributed by atoms with Gasteiger partial charge in [0, 0.05) is 48.3 Å². The highest BCUT2D eigenvalue weighted by Gasteiger charge is 2.26. The minimum Gasteiger partial charge on any atom is -0.356 e. The maximum atomic E-state index is 12.8. The zero-order valence-electron chi connectivity index (χ0n) is 18.6. The Morgan fingerprint density at radius 3 is 2.54 bits per heavy atom. The van der Waals surface area contributed by atoms with Crippen molar-refractivity contribution in [1.82, 2.24) is 10.5 Å². The predicted octanol–water partition coefficient (Wildman–Crippen LogP) is 6.41. The number of Topliss-reactive ketones (excluding diaryl/α,β-unsaturated/α-hetero) is 1. The number of halogens is 4. The minimum absolute atomic E-state index is 0.0425. The van der Waals surface area contributed by atoms with Gasteiger partial charge in [-0.2, -0.15) is 0 Å². The monoisotopic (exact) mass is 553 g/mol. The summed E-state index contributed by atoms with van der Waals surface area (Å²) in [5.74, 6) is 0.0338. The van der Waals surface area contributed by atoms with Crippen LogP contribution in [0.4, 0.5) is 5.69 Å². The fourth-order valence-corrected chi connectivity index (χ4v) is 4.96. The van der Waals surface area contributed by atoms with Crippen molar-refractivity contribution in [3.63, 3.8) is 0 Å². The second-order valence-electron chi connectivity index (χ2n) is 8.27. The van der Waals surface area contributed by atoms with Crippen LogP contribution in [0.25, 0.3) is 22.6 Å². The molecule has 184 valence electrons. The largest absolute Gasteiger partial charge is 0.356 e. The summed E-state index contributed by atoms with van der Waals surface area (Å²) in [6, 6.07) is 14.0. The topological polar surface area (TPSA) is 75.4 Å². The molecule has 0 aliphatic carbocycles. The van der Waals surface area contributed by atoms with Crippen LogP contribution in [0.5, 0.6) is 0 Å². The number of aromatic nitrogens is 1. The SMILES string of the molecule is O=C(CCN(C(=O)C(Cl)Cl)c1cccc(-c2cc(-c3c(Cl)cccc3Cl)no2)c1)C1CCCNC1. The zero-order valence-corrected chi connectivity index (χ0v) is 21.7. The summed E-state index contributed by atoms with van der Waals surface area (Å²) in [5.41, 5.74) is 2.27. The standard InChI is InChI=1S/C25H23Cl4N3O3/c26-18-7-2-8-19(27)23(18)20-13-22(35-31-20)15-4-1-6-17(12-15)32(25(34)24(28)29)11-9-21(33)16-5-3-10-30-14-16/h1-2,4,6-8,12-13,16,24,30H,3,5,9-11,14H2. The molecule has 3 aromatic rings. The molecule has 1 aliphatic rings. The van der Waals surface area contributed by atoms with Gasteiger partial charge in [-0.1, -0.05) is 69.8 Å². The average molecular weight is 555 g/mol. The van der Waals surface area contributed by atoms with Gasteiger partial charge in [-0.15, -0.1) is 0 Å². The molecule has 1 N–H and O–H groups in total. The molecule has 1 fully saturated rings. The Labute approximate surface area is 223 Å². The summed E-state index contributed by atoms with van der Waals surface area (Å²) in [7, 11) is 0. The predicted molar refractivity (Wildman–Crippen MR) is 140 cm³/mol. The van der Waals surface area contributed by atoms with Crippen LogP contribution in [0.15, 0.2) is 53.1 Å². The van der Waals surface area contributed by atoms with Crippen LogP contribution in [0.3, 0.4) is 0 Å². The number of nitrogens with zero attached hydrogens (tertiary/aromatic N) is 2. The number of amides is 1. The Morgan fingerprint density at radius 2 is 1.86 bits per heavy atom. The first-order chi connectivity index (χ1) is 16.8. The third-order valence-electron chi connectivity index (χ3n) is 5.96. The number of alkyl halides is 2. The summed E-state index contributed by atoms with van der Waals surface area (Å²) >= 11 is 24.4. The fraction of sp³-hybridized carbons (Fsp3) is 0.320. The van der Waals surface area contributed by atoms with Crippen LogP contribution < -0.4 is 10.2 Å². The van der Waals surface area contributed by atoms with Gasteiger partial charge in [-0.25, -0.2) is 0 Å². The fourth-order valence-electron chi connectivity index (χ4n) is 4.14. The van der Waals surface area contributed by atoms with Crippen molar-refractivity contribution in [2.45, 2.75) is 24.1 Å². The number of piperidine rings is 1. The second-order valence-corrected chi connectivity index (χ2v) is 10.2. The summed E-state index contributed by atoms with van der Waals surface area (Å²) in [6.45, 7) is 1.76. The quantitative estimate of drug-likeness (QED) is 0.325. The maximum Gasteiger partial charge on any atom is 0.260 e. The molecule has 0 spiro atoms. The molecular formula is C25H23Cl4N3O3. The lowest BCUT2D eigenvalue weighted by Gasteiger charge is -2.26. The maximum absolute atomic E-state index is 12.8. The first-order valence-electron chi connectivity index (χ1n) is 11.2. The molecule has 2 heterocycles. The van der Waals surface area contributed by atoms with Gasteiger partial charge in [0.25, 0.3) is 5.91 Å².